The monoisotopic (exact) mass is 277 g/mol. The Morgan fingerprint density at radius 2 is 2.32 bits per heavy atom. The average molecular weight is 278 g/mol. The van der Waals surface area contributed by atoms with E-state index in [1.165, 1.54) is 0 Å². The summed E-state index contributed by atoms with van der Waals surface area (Å²) in [5, 5.41) is 12.4. The number of anilines is 1. The van der Waals surface area contributed by atoms with Crippen LogP contribution in [-0.2, 0) is 4.79 Å². The molecule has 1 N–H and O–H groups in total. The van der Waals surface area contributed by atoms with Crippen LogP contribution in [0.25, 0.3) is 0 Å². The van der Waals surface area contributed by atoms with Crippen LogP contribution in [0.15, 0.2) is 18.2 Å². The van der Waals surface area contributed by atoms with Crippen LogP contribution in [0.3, 0.4) is 0 Å². The van der Waals surface area contributed by atoms with Crippen molar-refractivity contribution in [3.05, 3.63) is 28.8 Å². The minimum atomic E-state index is 0.0726. The first-order valence-corrected chi connectivity index (χ1v) is 6.76. The second-order valence-electron chi connectivity index (χ2n) is 4.57. The van der Waals surface area contributed by atoms with Gasteiger partial charge in [0.2, 0.25) is 5.91 Å². The number of nitrogens with one attached hydrogen (secondary N) is 1. The van der Waals surface area contributed by atoms with Crippen LogP contribution < -0.4 is 5.32 Å². The van der Waals surface area contributed by atoms with E-state index in [0.717, 1.165) is 19.4 Å². The Bertz CT molecular complexity index is 520. The van der Waals surface area contributed by atoms with Gasteiger partial charge in [0.15, 0.2) is 0 Å². The van der Waals surface area contributed by atoms with Crippen LogP contribution in [0.4, 0.5) is 5.69 Å². The fourth-order valence-corrected chi connectivity index (χ4v) is 2.21. The second-order valence-corrected chi connectivity index (χ2v) is 4.98. The van der Waals surface area contributed by atoms with Gasteiger partial charge < -0.3 is 10.2 Å². The van der Waals surface area contributed by atoms with Crippen molar-refractivity contribution in [1.82, 2.24) is 4.90 Å². The van der Waals surface area contributed by atoms with E-state index in [2.05, 4.69) is 11.4 Å². The highest BCUT2D eigenvalue weighted by molar-refractivity contribution is 6.33. The van der Waals surface area contributed by atoms with E-state index in [0.29, 0.717) is 22.3 Å². The molecule has 19 heavy (non-hydrogen) atoms. The molecule has 4 nitrogen and oxygen atoms in total. The zero-order valence-corrected chi connectivity index (χ0v) is 11.6. The summed E-state index contributed by atoms with van der Waals surface area (Å²) in [6.07, 6.45) is 2.20. The normalized spacial score (nSPS) is 13.7. The molecule has 0 heterocycles. The van der Waals surface area contributed by atoms with Crippen molar-refractivity contribution in [1.29, 1.82) is 5.26 Å². The van der Waals surface area contributed by atoms with Gasteiger partial charge >= 0.3 is 0 Å². The van der Waals surface area contributed by atoms with Gasteiger partial charge in [0, 0.05) is 12.6 Å². The third kappa shape index (κ3) is 3.39. The highest BCUT2D eigenvalue weighted by Crippen LogP contribution is 2.27. The number of rotatable bonds is 5. The number of hydrogen-bond donors (Lipinski definition) is 1. The Hall–Kier alpha value is -1.73. The number of amides is 1. The smallest absolute Gasteiger partial charge is 0.242 e. The molecule has 2 rings (SSSR count). The lowest BCUT2D eigenvalue weighted by Gasteiger charge is -2.21. The van der Waals surface area contributed by atoms with Crippen LogP contribution >= 0.6 is 11.6 Å². The minimum Gasteiger partial charge on any atom is -0.375 e. The molecular weight excluding hydrogens is 262 g/mol. The van der Waals surface area contributed by atoms with E-state index >= 15 is 0 Å². The first kappa shape index (κ1) is 13.7. The molecule has 0 aliphatic heterocycles. The number of hydrogen-bond acceptors (Lipinski definition) is 3. The van der Waals surface area contributed by atoms with Gasteiger partial charge in [-0.3, -0.25) is 4.79 Å². The van der Waals surface area contributed by atoms with E-state index in [1.807, 2.05) is 11.8 Å². The lowest BCUT2D eigenvalue weighted by molar-refractivity contribution is -0.129. The zero-order chi connectivity index (χ0) is 13.8. The summed E-state index contributed by atoms with van der Waals surface area (Å²) in [6, 6.07) is 7.43. The van der Waals surface area contributed by atoms with Gasteiger partial charge in [-0.1, -0.05) is 11.6 Å². The molecule has 1 aromatic rings. The number of nitrogens with zero attached hydrogens (tertiary/aromatic N) is 2. The molecule has 0 radical (unpaired) electrons. The van der Waals surface area contributed by atoms with Gasteiger partial charge in [-0.05, 0) is 38.0 Å². The molecule has 1 fully saturated rings. The Labute approximate surface area is 118 Å². The van der Waals surface area contributed by atoms with E-state index in [-0.39, 0.29) is 12.5 Å². The van der Waals surface area contributed by atoms with Gasteiger partial charge in [-0.2, -0.15) is 5.26 Å². The van der Waals surface area contributed by atoms with Crippen molar-refractivity contribution < 1.29 is 4.79 Å². The number of likely N-dealkylation sites (N-methyl/N-ethyl adjacent to an activating group) is 1. The topological polar surface area (TPSA) is 56.1 Å². The molecule has 5 heteroatoms. The second kappa shape index (κ2) is 5.94. The summed E-state index contributed by atoms with van der Waals surface area (Å²) < 4.78 is 0. The molecule has 0 unspecified atom stereocenters. The van der Waals surface area contributed by atoms with Crippen molar-refractivity contribution in [3.63, 3.8) is 0 Å². The van der Waals surface area contributed by atoms with Crippen LogP contribution in [0, 0.1) is 11.3 Å². The lowest BCUT2D eigenvalue weighted by Crippen LogP contribution is -2.37. The van der Waals surface area contributed by atoms with Crippen molar-refractivity contribution in [3.8, 4) is 6.07 Å². The van der Waals surface area contributed by atoms with Gasteiger partial charge in [0.25, 0.3) is 0 Å². The molecule has 0 atom stereocenters. The summed E-state index contributed by atoms with van der Waals surface area (Å²) >= 11 is 6.03. The van der Waals surface area contributed by atoms with Crippen LogP contribution in [-0.4, -0.2) is 29.9 Å². The number of halogens is 1. The van der Waals surface area contributed by atoms with Crippen LogP contribution in [0.1, 0.15) is 25.3 Å². The molecular formula is C14H16ClN3O. The molecule has 1 aliphatic rings. The van der Waals surface area contributed by atoms with Crippen LogP contribution in [0.5, 0.6) is 0 Å². The highest BCUT2D eigenvalue weighted by Gasteiger charge is 2.30. The fourth-order valence-electron chi connectivity index (χ4n) is 2.03. The molecule has 1 aliphatic carbocycles. The predicted molar refractivity (Wildman–Crippen MR) is 75.1 cm³/mol. The molecule has 0 aromatic heterocycles. The zero-order valence-electron chi connectivity index (χ0n) is 10.8. The van der Waals surface area contributed by atoms with Gasteiger partial charge in [0.1, 0.15) is 0 Å². The van der Waals surface area contributed by atoms with Gasteiger partial charge in [0.05, 0.1) is 28.9 Å². The highest BCUT2D eigenvalue weighted by atomic mass is 35.5. The minimum absolute atomic E-state index is 0.0726. The molecule has 1 aromatic carbocycles. The maximum Gasteiger partial charge on any atom is 0.242 e. The average Bonchev–Trinajstić information content (AvgIpc) is 3.23. The molecule has 1 saturated carbocycles. The van der Waals surface area contributed by atoms with Gasteiger partial charge in [-0.15, -0.1) is 0 Å². The SMILES string of the molecule is CCN(C(=O)CNc1cc(C#N)ccc1Cl)C1CC1. The standard InChI is InChI=1S/C14H16ClN3O/c1-2-18(11-4-5-11)14(19)9-17-13-7-10(8-16)3-6-12(13)15/h3,6-7,11,17H,2,4-5,9H2,1H3. The molecule has 0 spiro atoms. The summed E-state index contributed by atoms with van der Waals surface area (Å²) in [5.74, 6) is 0.0726. The van der Waals surface area contributed by atoms with E-state index in [4.69, 9.17) is 16.9 Å². The number of carbonyl (C=O) groups is 1. The Kier molecular flexibility index (Phi) is 4.28. The Morgan fingerprint density at radius 3 is 2.89 bits per heavy atom. The maximum absolute atomic E-state index is 12.1. The van der Waals surface area contributed by atoms with Crippen molar-refractivity contribution in [2.75, 3.05) is 18.4 Å². The number of benzene rings is 1. The predicted octanol–water partition coefficient (Wildman–Crippen LogP) is 2.63. The fraction of sp³-hybridized carbons (Fsp3) is 0.429. The summed E-state index contributed by atoms with van der Waals surface area (Å²) in [5.41, 5.74) is 1.15. The van der Waals surface area contributed by atoms with E-state index < -0.39 is 0 Å². The molecule has 100 valence electrons. The van der Waals surface area contributed by atoms with Crippen molar-refractivity contribution in [2.45, 2.75) is 25.8 Å². The first-order valence-electron chi connectivity index (χ1n) is 6.38. The van der Waals surface area contributed by atoms with E-state index in [1.54, 1.807) is 18.2 Å². The molecule has 1 amide bonds. The molecule has 0 saturated heterocycles. The third-order valence-electron chi connectivity index (χ3n) is 3.17. The van der Waals surface area contributed by atoms with Gasteiger partial charge in [-0.25, -0.2) is 0 Å². The largest absolute Gasteiger partial charge is 0.375 e. The van der Waals surface area contributed by atoms with Crippen LogP contribution in [0.2, 0.25) is 5.02 Å². The van der Waals surface area contributed by atoms with Crippen molar-refractivity contribution >= 4 is 23.2 Å². The number of nitriles is 1. The summed E-state index contributed by atoms with van der Waals surface area (Å²) in [7, 11) is 0. The van der Waals surface area contributed by atoms with Crippen molar-refractivity contribution in [2.24, 2.45) is 0 Å². The lowest BCUT2D eigenvalue weighted by atomic mass is 10.2. The maximum atomic E-state index is 12.1. The first-order chi connectivity index (χ1) is 9.15. The summed E-state index contributed by atoms with van der Waals surface area (Å²) in [6.45, 7) is 2.93. The molecule has 0 bridgehead atoms. The number of carbonyl (C=O) groups excluding carboxylic acids is 1. The Balaban J connectivity index is 1.98. The summed E-state index contributed by atoms with van der Waals surface area (Å²) in [4.78, 5) is 13.9. The van der Waals surface area contributed by atoms with E-state index in [9.17, 15) is 4.79 Å². The third-order valence-corrected chi connectivity index (χ3v) is 3.50. The quantitative estimate of drug-likeness (QED) is 0.900. The Morgan fingerprint density at radius 1 is 1.58 bits per heavy atom.